The first-order valence-corrected chi connectivity index (χ1v) is 13.0. The van der Waals surface area contributed by atoms with Crippen molar-refractivity contribution in [2.24, 2.45) is 0 Å². The van der Waals surface area contributed by atoms with Gasteiger partial charge in [-0.2, -0.15) is 15.0 Å². The van der Waals surface area contributed by atoms with Crippen LogP contribution in [0.1, 0.15) is 23.2 Å². The summed E-state index contributed by atoms with van der Waals surface area (Å²) >= 11 is 0. The van der Waals surface area contributed by atoms with Crippen molar-refractivity contribution in [3.05, 3.63) is 54.1 Å². The van der Waals surface area contributed by atoms with Gasteiger partial charge in [-0.15, -0.1) is 0 Å². The second-order valence-corrected chi connectivity index (χ2v) is 9.73. The number of benzene rings is 2. The van der Waals surface area contributed by atoms with Crippen molar-refractivity contribution in [2.45, 2.75) is 24.9 Å². The maximum atomic E-state index is 12.5. The average Bonchev–Trinajstić information content (AvgIpc) is 3.22. The fourth-order valence-corrected chi connectivity index (χ4v) is 5.15. The number of carbonyl (C=O) groups excluding carboxylic acids is 1. The molecule has 3 aliphatic heterocycles. The van der Waals surface area contributed by atoms with Crippen LogP contribution in [0, 0.1) is 0 Å². The number of anilines is 4. The zero-order valence-electron chi connectivity index (χ0n) is 21.2. The monoisotopic (exact) mass is 531 g/mol. The summed E-state index contributed by atoms with van der Waals surface area (Å²) < 4.78 is 11.3. The molecule has 1 aromatic heterocycles. The molecule has 3 saturated heterocycles. The lowest BCUT2D eigenvalue weighted by Gasteiger charge is -2.35. The second-order valence-electron chi connectivity index (χ2n) is 9.73. The minimum absolute atomic E-state index is 0.149. The Morgan fingerprint density at radius 2 is 1.38 bits per heavy atom. The number of amides is 2. The van der Waals surface area contributed by atoms with Gasteiger partial charge < -0.3 is 35.0 Å². The number of hydrogen-bond acceptors (Lipinski definition) is 9. The molecule has 6 rings (SSSR count). The molecule has 2 amide bonds. The number of aromatic carboxylic acids is 1. The van der Waals surface area contributed by atoms with E-state index in [0.29, 0.717) is 55.5 Å². The van der Waals surface area contributed by atoms with Gasteiger partial charge >= 0.3 is 12.0 Å². The van der Waals surface area contributed by atoms with E-state index in [4.69, 9.17) is 29.5 Å². The maximum absolute atomic E-state index is 12.5. The molecule has 3 fully saturated rings. The Hall–Kier alpha value is -4.29. The number of nitrogens with one attached hydrogen (secondary N) is 2. The Bertz CT molecular complexity index is 1330. The van der Waals surface area contributed by atoms with Gasteiger partial charge in [-0.3, -0.25) is 0 Å². The Balaban J connectivity index is 1.21. The maximum Gasteiger partial charge on any atom is 0.335 e. The summed E-state index contributed by atoms with van der Waals surface area (Å²) in [6.07, 6.45) is 2.12. The van der Waals surface area contributed by atoms with Crippen molar-refractivity contribution < 1.29 is 24.2 Å². The molecule has 0 aliphatic carbocycles. The molecule has 3 aliphatic rings. The Morgan fingerprint density at radius 1 is 0.795 bits per heavy atom. The quantitative estimate of drug-likeness (QED) is 0.434. The van der Waals surface area contributed by atoms with Crippen molar-refractivity contribution >= 4 is 35.3 Å². The zero-order chi connectivity index (χ0) is 26.8. The molecular weight excluding hydrogens is 502 g/mol. The summed E-state index contributed by atoms with van der Waals surface area (Å²) in [6.45, 7) is 4.05. The highest BCUT2D eigenvalue weighted by Gasteiger charge is 2.39. The number of rotatable bonds is 6. The largest absolute Gasteiger partial charge is 0.478 e. The first-order chi connectivity index (χ1) is 19.0. The van der Waals surface area contributed by atoms with E-state index in [0.717, 1.165) is 31.5 Å². The van der Waals surface area contributed by atoms with E-state index in [2.05, 4.69) is 20.4 Å². The first kappa shape index (κ1) is 25.0. The summed E-state index contributed by atoms with van der Waals surface area (Å²) in [6, 6.07) is 13.4. The number of aromatic nitrogens is 3. The number of nitrogens with zero attached hydrogens (tertiary/aromatic N) is 5. The third-order valence-corrected chi connectivity index (χ3v) is 7.17. The fraction of sp³-hybridized carbons (Fsp3) is 0.370. The summed E-state index contributed by atoms with van der Waals surface area (Å²) in [5.41, 5.74) is 2.03. The molecule has 39 heavy (non-hydrogen) atoms. The topological polar surface area (TPSA) is 142 Å². The molecule has 0 radical (unpaired) electrons. The number of carboxylic acids is 1. The van der Waals surface area contributed by atoms with Gasteiger partial charge in [0.15, 0.2) is 5.82 Å². The lowest BCUT2D eigenvalue weighted by atomic mass is 10.2. The third-order valence-electron chi connectivity index (χ3n) is 7.17. The van der Waals surface area contributed by atoms with Crippen LogP contribution in [0.3, 0.4) is 0 Å². The van der Waals surface area contributed by atoms with Gasteiger partial charge in [-0.05, 0) is 61.4 Å². The molecule has 2 aromatic carbocycles. The molecule has 0 saturated carbocycles. The number of morpholine rings is 2. The molecule has 12 nitrogen and oxygen atoms in total. The van der Waals surface area contributed by atoms with E-state index in [1.54, 1.807) is 12.1 Å². The van der Waals surface area contributed by atoms with Gasteiger partial charge in [-0.25, -0.2) is 9.59 Å². The normalized spacial score (nSPS) is 20.5. The van der Waals surface area contributed by atoms with Crippen LogP contribution < -0.4 is 20.4 Å². The third kappa shape index (κ3) is 5.47. The van der Waals surface area contributed by atoms with E-state index in [-0.39, 0.29) is 17.6 Å². The molecule has 3 aromatic rings. The molecule has 3 N–H and O–H groups in total. The highest BCUT2D eigenvalue weighted by atomic mass is 16.5. The molecule has 2 bridgehead atoms. The van der Waals surface area contributed by atoms with Crippen molar-refractivity contribution in [3.8, 4) is 11.4 Å². The van der Waals surface area contributed by atoms with E-state index in [1.165, 1.54) is 24.3 Å². The first-order valence-electron chi connectivity index (χ1n) is 13.0. The van der Waals surface area contributed by atoms with Crippen LogP contribution in [0.25, 0.3) is 11.4 Å². The smallest absolute Gasteiger partial charge is 0.335 e. The van der Waals surface area contributed by atoms with Gasteiger partial charge in [-0.1, -0.05) is 0 Å². The number of ether oxygens (including phenoxy) is 2. The summed E-state index contributed by atoms with van der Waals surface area (Å²) in [5, 5.41) is 14.5. The van der Waals surface area contributed by atoms with Crippen LogP contribution in [0.2, 0.25) is 0 Å². The molecule has 12 heteroatoms. The van der Waals surface area contributed by atoms with Gasteiger partial charge in [0, 0.05) is 30.0 Å². The number of carbonyl (C=O) groups is 2. The number of hydrogen-bond donors (Lipinski definition) is 3. The lowest BCUT2D eigenvalue weighted by Crippen LogP contribution is -2.47. The highest BCUT2D eigenvalue weighted by molar-refractivity contribution is 6.00. The molecule has 0 spiro atoms. The van der Waals surface area contributed by atoms with Gasteiger partial charge in [0.05, 0.1) is 44.1 Å². The highest BCUT2D eigenvalue weighted by Crippen LogP contribution is 2.34. The van der Waals surface area contributed by atoms with E-state index in [1.807, 2.05) is 12.1 Å². The Kier molecular flexibility index (Phi) is 6.95. The molecule has 2 unspecified atom stereocenters. The predicted octanol–water partition coefficient (Wildman–Crippen LogP) is 3.09. The van der Waals surface area contributed by atoms with Crippen molar-refractivity contribution in [2.75, 3.05) is 60.0 Å². The van der Waals surface area contributed by atoms with E-state index in [9.17, 15) is 9.59 Å². The van der Waals surface area contributed by atoms with E-state index < -0.39 is 12.0 Å². The van der Waals surface area contributed by atoms with Crippen LogP contribution in [0.4, 0.5) is 28.1 Å². The number of fused-ring (bicyclic) bond motifs is 2. The van der Waals surface area contributed by atoms with Crippen LogP contribution in [-0.2, 0) is 9.47 Å². The SMILES string of the molecule is O=C(Nc1ccc(C(=O)O)cc1)Nc1ccc(-c2nc(N3CCOCC3)nc(N3C4CCC3COC4)n2)cc1. The van der Waals surface area contributed by atoms with Gasteiger partial charge in [0.25, 0.3) is 0 Å². The van der Waals surface area contributed by atoms with Gasteiger partial charge in [0.2, 0.25) is 11.9 Å². The molecule has 2 atom stereocenters. The number of carboxylic acid groups (broad SMARTS) is 1. The standard InChI is InChI=1S/C27H29N7O5/c35-24(36)18-3-7-20(8-4-18)29-27(37)28-19-5-1-17(2-6-19)23-30-25(33-11-13-38-14-12-33)32-26(31-23)34-21-9-10-22(34)16-39-15-21/h1-8,21-22H,9-16H2,(H,35,36)(H2,28,29,37). The minimum atomic E-state index is -1.02. The van der Waals surface area contributed by atoms with Gasteiger partial charge in [0.1, 0.15) is 0 Å². The van der Waals surface area contributed by atoms with Crippen LogP contribution in [0.15, 0.2) is 48.5 Å². The van der Waals surface area contributed by atoms with Crippen LogP contribution in [0.5, 0.6) is 0 Å². The van der Waals surface area contributed by atoms with Crippen LogP contribution >= 0.6 is 0 Å². The molecule has 202 valence electrons. The van der Waals surface area contributed by atoms with Crippen molar-refractivity contribution in [3.63, 3.8) is 0 Å². The second kappa shape index (κ2) is 10.8. The Morgan fingerprint density at radius 3 is 2.00 bits per heavy atom. The zero-order valence-corrected chi connectivity index (χ0v) is 21.2. The van der Waals surface area contributed by atoms with E-state index >= 15 is 0 Å². The van der Waals surface area contributed by atoms with Crippen LogP contribution in [-0.4, -0.2) is 83.7 Å². The Labute approximate surface area is 225 Å². The summed E-state index contributed by atoms with van der Waals surface area (Å²) in [7, 11) is 0. The lowest BCUT2D eigenvalue weighted by molar-refractivity contribution is 0.0697. The average molecular weight is 532 g/mol. The minimum Gasteiger partial charge on any atom is -0.478 e. The van der Waals surface area contributed by atoms with Crippen molar-refractivity contribution in [1.29, 1.82) is 0 Å². The van der Waals surface area contributed by atoms with Crippen molar-refractivity contribution in [1.82, 2.24) is 15.0 Å². The molecule has 4 heterocycles. The summed E-state index contributed by atoms with van der Waals surface area (Å²) in [5.74, 6) is 0.861. The fourth-order valence-electron chi connectivity index (χ4n) is 5.15. The molecular formula is C27H29N7O5. The number of urea groups is 1. The summed E-state index contributed by atoms with van der Waals surface area (Å²) in [4.78, 5) is 42.5. The predicted molar refractivity (Wildman–Crippen MR) is 144 cm³/mol.